The van der Waals surface area contributed by atoms with Crippen molar-refractivity contribution in [3.05, 3.63) is 60.1 Å². The predicted octanol–water partition coefficient (Wildman–Crippen LogP) is 2.83. The Morgan fingerprint density at radius 2 is 2.02 bits per heavy atom. The minimum absolute atomic E-state index is 0.00431. The Hall–Kier alpha value is -4.80. The summed E-state index contributed by atoms with van der Waals surface area (Å²) in [5.41, 5.74) is 5.95. The van der Waals surface area contributed by atoms with Gasteiger partial charge < -0.3 is 20.3 Å². The van der Waals surface area contributed by atoms with E-state index in [1.165, 1.54) is 36.5 Å². The van der Waals surface area contributed by atoms with Gasteiger partial charge in [-0.2, -0.15) is 5.10 Å². The van der Waals surface area contributed by atoms with Crippen molar-refractivity contribution in [3.8, 4) is 23.8 Å². The van der Waals surface area contributed by atoms with E-state index in [2.05, 4.69) is 26.1 Å². The number of amides is 1. The first kappa shape index (κ1) is 29.2. The van der Waals surface area contributed by atoms with Gasteiger partial charge in [0.15, 0.2) is 29.0 Å². The molecule has 214 valence electrons. The van der Waals surface area contributed by atoms with Crippen LogP contribution < -0.4 is 20.1 Å². The van der Waals surface area contributed by atoms with Crippen molar-refractivity contribution >= 4 is 34.1 Å². The monoisotopic (exact) mass is 565 g/mol. The van der Waals surface area contributed by atoms with E-state index in [0.717, 1.165) is 6.07 Å². The van der Waals surface area contributed by atoms with Crippen molar-refractivity contribution in [2.45, 2.75) is 12.8 Å². The standard InChI is InChI=1S/C28H29F2N7O4/c1-3-8-36(10-11-38)9-5-12-41-24-16-21-19(15-23(24)40-2)28(33-17-32-21)37(22-7-4-6-20(29)27(22)30)26-14-18(34-35-26)13-25(31)39/h1,4,6-7,14-17,38H,5,8-13H2,2H3,(H2,31,39)(H,34,35). The van der Waals surface area contributed by atoms with Crippen LogP contribution in [0.1, 0.15) is 12.1 Å². The van der Waals surface area contributed by atoms with E-state index >= 15 is 4.39 Å². The van der Waals surface area contributed by atoms with Gasteiger partial charge in [-0.3, -0.25) is 19.7 Å². The molecule has 0 saturated heterocycles. The second-order valence-electron chi connectivity index (χ2n) is 8.93. The highest BCUT2D eigenvalue weighted by atomic mass is 19.2. The molecule has 2 aromatic carbocycles. The number of aromatic nitrogens is 4. The molecular formula is C28H29F2N7O4. The molecule has 0 aliphatic carbocycles. The number of fused-ring (bicyclic) bond motifs is 1. The molecule has 0 spiro atoms. The van der Waals surface area contributed by atoms with E-state index in [1.54, 1.807) is 12.1 Å². The largest absolute Gasteiger partial charge is 0.493 e. The number of aliphatic hydroxyl groups excluding tert-OH is 1. The van der Waals surface area contributed by atoms with Crippen LogP contribution in [0.2, 0.25) is 0 Å². The highest BCUT2D eigenvalue weighted by Gasteiger charge is 2.25. The van der Waals surface area contributed by atoms with E-state index in [0.29, 0.717) is 60.8 Å². The molecule has 0 unspecified atom stereocenters. The van der Waals surface area contributed by atoms with E-state index in [-0.39, 0.29) is 30.4 Å². The Bertz CT molecular complexity index is 1560. The fraction of sp³-hybridized carbons (Fsp3) is 0.286. The normalized spacial score (nSPS) is 11.0. The van der Waals surface area contributed by atoms with Crippen LogP contribution in [-0.4, -0.2) is 76.0 Å². The number of aromatic amines is 1. The summed E-state index contributed by atoms with van der Waals surface area (Å²) in [6.45, 7) is 1.85. The van der Waals surface area contributed by atoms with Gasteiger partial charge in [-0.25, -0.2) is 18.7 Å². The number of ether oxygens (including phenoxy) is 2. The number of nitrogens with two attached hydrogens (primary N) is 1. The number of aliphatic hydroxyl groups is 1. The minimum Gasteiger partial charge on any atom is -0.493 e. The van der Waals surface area contributed by atoms with Crippen LogP contribution in [0.4, 0.5) is 26.1 Å². The molecule has 0 atom stereocenters. The average molecular weight is 566 g/mol. The minimum atomic E-state index is -1.12. The fourth-order valence-electron chi connectivity index (χ4n) is 4.27. The number of nitrogens with one attached hydrogen (secondary N) is 1. The number of H-pyrrole nitrogens is 1. The summed E-state index contributed by atoms with van der Waals surface area (Å²) in [7, 11) is 1.47. The van der Waals surface area contributed by atoms with E-state index in [4.69, 9.17) is 21.6 Å². The number of carbonyl (C=O) groups excluding carboxylic acids is 1. The van der Waals surface area contributed by atoms with Crippen LogP contribution in [0.3, 0.4) is 0 Å². The van der Waals surface area contributed by atoms with Gasteiger partial charge in [0.2, 0.25) is 5.91 Å². The molecule has 4 aromatic rings. The van der Waals surface area contributed by atoms with Crippen molar-refractivity contribution in [1.82, 2.24) is 25.1 Å². The molecule has 0 bridgehead atoms. The molecule has 0 aliphatic rings. The van der Waals surface area contributed by atoms with Crippen molar-refractivity contribution in [2.24, 2.45) is 5.73 Å². The van der Waals surface area contributed by atoms with Crippen molar-refractivity contribution in [3.63, 3.8) is 0 Å². The molecule has 0 saturated carbocycles. The molecule has 41 heavy (non-hydrogen) atoms. The van der Waals surface area contributed by atoms with Gasteiger partial charge in [-0.05, 0) is 24.6 Å². The van der Waals surface area contributed by atoms with Gasteiger partial charge in [0.1, 0.15) is 12.1 Å². The van der Waals surface area contributed by atoms with Gasteiger partial charge in [0.25, 0.3) is 0 Å². The second-order valence-corrected chi connectivity index (χ2v) is 8.93. The lowest BCUT2D eigenvalue weighted by Gasteiger charge is -2.23. The van der Waals surface area contributed by atoms with Crippen molar-refractivity contribution in [1.29, 1.82) is 0 Å². The zero-order chi connectivity index (χ0) is 29.4. The quantitative estimate of drug-likeness (QED) is 0.155. The number of hydrogen-bond donors (Lipinski definition) is 3. The highest BCUT2D eigenvalue weighted by Crippen LogP contribution is 2.41. The molecule has 4 rings (SSSR count). The number of terminal acetylenes is 1. The maximum Gasteiger partial charge on any atom is 0.223 e. The smallest absolute Gasteiger partial charge is 0.223 e. The number of anilines is 3. The van der Waals surface area contributed by atoms with Gasteiger partial charge in [-0.1, -0.05) is 12.0 Å². The lowest BCUT2D eigenvalue weighted by atomic mass is 10.1. The molecule has 4 N–H and O–H groups in total. The predicted molar refractivity (Wildman–Crippen MR) is 148 cm³/mol. The molecule has 2 heterocycles. The summed E-state index contributed by atoms with van der Waals surface area (Å²) in [4.78, 5) is 23.4. The number of primary amides is 1. The third-order valence-corrected chi connectivity index (χ3v) is 6.10. The Balaban J connectivity index is 1.71. The van der Waals surface area contributed by atoms with Crippen LogP contribution in [0.15, 0.2) is 42.7 Å². The van der Waals surface area contributed by atoms with Gasteiger partial charge >= 0.3 is 0 Å². The van der Waals surface area contributed by atoms with Crippen LogP contribution in [0, 0.1) is 24.0 Å². The first-order valence-corrected chi connectivity index (χ1v) is 12.6. The molecule has 0 aliphatic heterocycles. The first-order chi connectivity index (χ1) is 19.9. The lowest BCUT2D eigenvalue weighted by Crippen LogP contribution is -2.29. The Kier molecular flexibility index (Phi) is 9.62. The number of nitrogens with zero attached hydrogens (tertiary/aromatic N) is 5. The maximum atomic E-state index is 15.1. The molecule has 0 radical (unpaired) electrons. The van der Waals surface area contributed by atoms with Gasteiger partial charge in [-0.15, -0.1) is 6.42 Å². The molecule has 2 aromatic heterocycles. The number of halogens is 2. The van der Waals surface area contributed by atoms with Crippen LogP contribution in [0.5, 0.6) is 11.5 Å². The van der Waals surface area contributed by atoms with E-state index in [9.17, 15) is 14.3 Å². The third-order valence-electron chi connectivity index (χ3n) is 6.10. The maximum absolute atomic E-state index is 15.1. The summed E-state index contributed by atoms with van der Waals surface area (Å²) in [6, 6.07) is 8.54. The van der Waals surface area contributed by atoms with E-state index < -0.39 is 17.5 Å². The van der Waals surface area contributed by atoms with Crippen molar-refractivity contribution in [2.75, 3.05) is 44.9 Å². The highest BCUT2D eigenvalue weighted by molar-refractivity contribution is 5.96. The second kappa shape index (κ2) is 13.5. The summed E-state index contributed by atoms with van der Waals surface area (Å²) in [5, 5.41) is 16.5. The summed E-state index contributed by atoms with van der Waals surface area (Å²) in [6.07, 6.45) is 7.17. The molecule has 0 fully saturated rings. The van der Waals surface area contributed by atoms with Gasteiger partial charge in [0, 0.05) is 36.3 Å². The van der Waals surface area contributed by atoms with Crippen molar-refractivity contribution < 1.29 is 28.2 Å². The van der Waals surface area contributed by atoms with Gasteiger partial charge in [0.05, 0.1) is 44.5 Å². The zero-order valence-corrected chi connectivity index (χ0v) is 22.3. The van der Waals surface area contributed by atoms with Crippen LogP contribution >= 0.6 is 0 Å². The SMILES string of the molecule is C#CCN(CCO)CCCOc1cc2ncnc(N(c3cc(CC(N)=O)[nH]n3)c3cccc(F)c3F)c2cc1OC. The number of hydrogen-bond acceptors (Lipinski definition) is 9. The van der Waals surface area contributed by atoms with Crippen LogP contribution in [-0.2, 0) is 11.2 Å². The number of carbonyl (C=O) groups is 1. The molecular weight excluding hydrogens is 536 g/mol. The molecule has 13 heteroatoms. The summed E-state index contributed by atoms with van der Waals surface area (Å²) >= 11 is 0. The zero-order valence-electron chi connectivity index (χ0n) is 22.3. The lowest BCUT2D eigenvalue weighted by molar-refractivity contribution is -0.117. The average Bonchev–Trinajstić information content (AvgIpc) is 3.40. The Morgan fingerprint density at radius 1 is 1.20 bits per heavy atom. The Labute approximate surface area is 234 Å². The number of rotatable bonds is 14. The molecule has 1 amide bonds. The Morgan fingerprint density at radius 3 is 2.76 bits per heavy atom. The van der Waals surface area contributed by atoms with E-state index in [1.807, 2.05) is 4.90 Å². The topological polar surface area (TPSA) is 143 Å². The summed E-state index contributed by atoms with van der Waals surface area (Å²) < 4.78 is 41.0. The number of methoxy groups -OCH3 is 1. The number of benzene rings is 2. The summed E-state index contributed by atoms with van der Waals surface area (Å²) in [5.74, 6) is 0.893. The van der Waals surface area contributed by atoms with Crippen LogP contribution in [0.25, 0.3) is 10.9 Å². The molecule has 11 nitrogen and oxygen atoms in total. The third kappa shape index (κ3) is 6.86. The first-order valence-electron chi connectivity index (χ1n) is 12.6. The fourth-order valence-corrected chi connectivity index (χ4v) is 4.27.